The van der Waals surface area contributed by atoms with Crippen molar-refractivity contribution >= 4 is 18.1 Å². The summed E-state index contributed by atoms with van der Waals surface area (Å²) in [6, 6.07) is 0. The molecule has 0 aliphatic carbocycles. The average Bonchev–Trinajstić information content (AvgIpc) is 2.32. The first kappa shape index (κ1) is 7.69. The fourth-order valence-electron chi connectivity index (χ4n) is 0.527. The van der Waals surface area contributed by atoms with Gasteiger partial charge in [-0.15, -0.1) is 5.10 Å². The minimum absolute atomic E-state index is 0.00463. The Kier molecular flexibility index (Phi) is 1.87. The maximum Gasteiger partial charge on any atom is 0.288 e. The summed E-state index contributed by atoms with van der Waals surface area (Å²) in [6.07, 6.45) is 0. The molecular formula is C3H6N6OS. The van der Waals surface area contributed by atoms with Crippen molar-refractivity contribution in [2.75, 3.05) is 5.84 Å². The van der Waals surface area contributed by atoms with Crippen LogP contribution in [0.15, 0.2) is 0 Å². The Morgan fingerprint density at radius 2 is 2.45 bits per heavy atom. The van der Waals surface area contributed by atoms with E-state index in [1.807, 2.05) is 5.43 Å². The van der Waals surface area contributed by atoms with Crippen LogP contribution in [0.2, 0.25) is 0 Å². The zero-order chi connectivity index (χ0) is 8.43. The number of nitrogens with zero attached hydrogens (tertiary/aromatic N) is 2. The quantitative estimate of drug-likeness (QED) is 0.174. The molecule has 1 heterocycles. The molecule has 0 unspecified atom stereocenters. The molecule has 11 heavy (non-hydrogen) atoms. The third-order valence-electron chi connectivity index (χ3n) is 1.04. The predicted molar refractivity (Wildman–Crippen MR) is 39.2 cm³/mol. The Hall–Kier alpha value is -1.41. The standard InChI is InChI=1S/C3H6N6OS/c4-6-2(10)1-3(11)9(5)8-7-1/h8H,4-5H2,(H,6,10). The first-order chi connectivity index (χ1) is 5.16. The van der Waals surface area contributed by atoms with Gasteiger partial charge in [-0.3, -0.25) is 10.2 Å². The van der Waals surface area contributed by atoms with E-state index in [2.05, 4.69) is 10.3 Å². The van der Waals surface area contributed by atoms with Crippen LogP contribution in [-0.4, -0.2) is 21.0 Å². The largest absolute Gasteiger partial charge is 0.322 e. The van der Waals surface area contributed by atoms with Gasteiger partial charge in [-0.25, -0.2) is 5.84 Å². The van der Waals surface area contributed by atoms with Crippen LogP contribution in [0.5, 0.6) is 0 Å². The van der Waals surface area contributed by atoms with Crippen LogP contribution >= 0.6 is 12.2 Å². The number of aromatic amines is 1. The summed E-state index contributed by atoms with van der Waals surface area (Å²) in [6.45, 7) is 0. The highest BCUT2D eigenvalue weighted by atomic mass is 32.1. The Morgan fingerprint density at radius 1 is 1.82 bits per heavy atom. The van der Waals surface area contributed by atoms with Crippen molar-refractivity contribution < 1.29 is 4.79 Å². The number of hydrogen-bond acceptors (Lipinski definition) is 5. The molecule has 0 radical (unpaired) electrons. The van der Waals surface area contributed by atoms with Crippen molar-refractivity contribution in [3.05, 3.63) is 10.3 Å². The van der Waals surface area contributed by atoms with Crippen molar-refractivity contribution in [3.8, 4) is 0 Å². The van der Waals surface area contributed by atoms with Crippen molar-refractivity contribution in [3.63, 3.8) is 0 Å². The Labute approximate surface area is 66.3 Å². The van der Waals surface area contributed by atoms with Gasteiger partial charge in [-0.2, -0.15) is 10.0 Å². The summed E-state index contributed by atoms with van der Waals surface area (Å²) < 4.78 is 0.105. The minimum atomic E-state index is -0.574. The lowest BCUT2D eigenvalue weighted by Crippen LogP contribution is -2.30. The average molecular weight is 174 g/mol. The lowest BCUT2D eigenvalue weighted by atomic mass is 10.5. The van der Waals surface area contributed by atoms with E-state index in [0.717, 1.165) is 4.79 Å². The molecule has 6 N–H and O–H groups in total. The minimum Gasteiger partial charge on any atom is -0.322 e. The van der Waals surface area contributed by atoms with Gasteiger partial charge in [-0.05, 0) is 0 Å². The summed E-state index contributed by atoms with van der Waals surface area (Å²) in [5.74, 6) is 9.47. The van der Waals surface area contributed by atoms with E-state index < -0.39 is 5.91 Å². The molecule has 7 nitrogen and oxygen atoms in total. The van der Waals surface area contributed by atoms with Crippen molar-refractivity contribution in [2.24, 2.45) is 5.84 Å². The van der Waals surface area contributed by atoms with Crippen LogP contribution in [-0.2, 0) is 0 Å². The van der Waals surface area contributed by atoms with Gasteiger partial charge < -0.3 is 5.84 Å². The van der Waals surface area contributed by atoms with E-state index in [1.165, 1.54) is 0 Å². The maximum absolute atomic E-state index is 10.8. The number of carbonyl (C=O) groups is 1. The van der Waals surface area contributed by atoms with Gasteiger partial charge in [0.15, 0.2) is 10.3 Å². The second-order valence-corrected chi connectivity index (χ2v) is 2.10. The molecule has 0 atom stereocenters. The summed E-state index contributed by atoms with van der Waals surface area (Å²) >= 11 is 4.70. The molecule has 60 valence electrons. The van der Waals surface area contributed by atoms with Crippen molar-refractivity contribution in [1.82, 2.24) is 20.5 Å². The second-order valence-electron chi connectivity index (χ2n) is 1.71. The summed E-state index contributed by atoms with van der Waals surface area (Å²) in [5.41, 5.74) is 1.88. The molecule has 0 aromatic carbocycles. The molecule has 1 amide bonds. The number of nitrogens with two attached hydrogens (primary N) is 2. The van der Waals surface area contributed by atoms with Crippen LogP contribution in [0.25, 0.3) is 0 Å². The Bertz CT molecular complexity index is 325. The highest BCUT2D eigenvalue weighted by Gasteiger charge is 2.10. The summed E-state index contributed by atoms with van der Waals surface area (Å²) in [5, 5.41) is 5.78. The third kappa shape index (κ3) is 1.21. The topological polar surface area (TPSA) is 115 Å². The molecule has 1 aromatic heterocycles. The van der Waals surface area contributed by atoms with Gasteiger partial charge in [0, 0.05) is 0 Å². The second kappa shape index (κ2) is 2.68. The number of nitrogens with one attached hydrogen (secondary N) is 2. The van der Waals surface area contributed by atoms with Gasteiger partial charge in [0.1, 0.15) is 0 Å². The number of H-pyrrole nitrogens is 1. The monoisotopic (exact) mass is 174 g/mol. The maximum atomic E-state index is 10.8. The van der Waals surface area contributed by atoms with E-state index in [-0.39, 0.29) is 10.3 Å². The number of hydrazine groups is 1. The fourth-order valence-corrected chi connectivity index (χ4v) is 0.707. The zero-order valence-electron chi connectivity index (χ0n) is 5.37. The summed E-state index contributed by atoms with van der Waals surface area (Å²) in [7, 11) is 0. The van der Waals surface area contributed by atoms with E-state index in [9.17, 15) is 4.79 Å². The molecule has 0 fully saturated rings. The lowest BCUT2D eigenvalue weighted by molar-refractivity contribution is 0.0948. The third-order valence-corrected chi connectivity index (χ3v) is 1.43. The van der Waals surface area contributed by atoms with Gasteiger partial charge >= 0.3 is 0 Å². The summed E-state index contributed by atoms with van der Waals surface area (Å²) in [4.78, 5) is 11.7. The number of aromatic nitrogens is 3. The molecule has 0 spiro atoms. The molecule has 0 aliphatic heterocycles. The van der Waals surface area contributed by atoms with Crippen LogP contribution in [0.4, 0.5) is 0 Å². The Balaban J connectivity index is 3.15. The lowest BCUT2D eigenvalue weighted by Gasteiger charge is -1.89. The molecule has 8 heteroatoms. The van der Waals surface area contributed by atoms with Gasteiger partial charge in [-0.1, -0.05) is 12.2 Å². The van der Waals surface area contributed by atoms with E-state index in [1.54, 1.807) is 0 Å². The highest BCUT2D eigenvalue weighted by molar-refractivity contribution is 7.71. The van der Waals surface area contributed by atoms with E-state index in [4.69, 9.17) is 23.9 Å². The number of amides is 1. The van der Waals surface area contributed by atoms with E-state index >= 15 is 0 Å². The van der Waals surface area contributed by atoms with Gasteiger partial charge in [0.25, 0.3) is 5.91 Å². The number of carbonyl (C=O) groups excluding carboxylic acids is 1. The molecule has 0 saturated carbocycles. The molecule has 0 saturated heterocycles. The number of rotatable bonds is 1. The fraction of sp³-hybridized carbons (Fsp3) is 0. The predicted octanol–water partition coefficient (Wildman–Crippen LogP) is -1.74. The van der Waals surface area contributed by atoms with Crippen LogP contribution < -0.4 is 17.1 Å². The van der Waals surface area contributed by atoms with Gasteiger partial charge in [0.05, 0.1) is 0 Å². The number of hydrogen-bond donors (Lipinski definition) is 4. The molecule has 0 aliphatic rings. The van der Waals surface area contributed by atoms with Crippen LogP contribution in [0.3, 0.4) is 0 Å². The van der Waals surface area contributed by atoms with Gasteiger partial charge in [0.2, 0.25) is 0 Å². The molecule has 0 bridgehead atoms. The molecule has 1 aromatic rings. The number of nitrogen functional groups attached to an aromatic ring is 2. The SMILES string of the molecule is NNC(=O)c1n[nH]n(N)c1=S. The van der Waals surface area contributed by atoms with Crippen molar-refractivity contribution in [2.45, 2.75) is 0 Å². The highest BCUT2D eigenvalue weighted by Crippen LogP contribution is 1.93. The molecule has 1 rings (SSSR count). The van der Waals surface area contributed by atoms with Crippen LogP contribution in [0.1, 0.15) is 10.5 Å². The molecular weight excluding hydrogens is 168 g/mol. The normalized spacial score (nSPS) is 9.55. The van der Waals surface area contributed by atoms with E-state index in [0.29, 0.717) is 0 Å². The zero-order valence-corrected chi connectivity index (χ0v) is 6.18. The first-order valence-corrected chi connectivity index (χ1v) is 3.01. The van der Waals surface area contributed by atoms with Crippen molar-refractivity contribution in [1.29, 1.82) is 0 Å². The Morgan fingerprint density at radius 3 is 2.82 bits per heavy atom. The smallest absolute Gasteiger partial charge is 0.288 e. The van der Waals surface area contributed by atoms with Crippen LogP contribution in [0, 0.1) is 4.64 Å². The first-order valence-electron chi connectivity index (χ1n) is 2.60.